The maximum absolute atomic E-state index is 13.0. The molecule has 3 rings (SSSR count). The Hall–Kier alpha value is -1.82. The Balaban J connectivity index is 1.31. The van der Waals surface area contributed by atoms with Crippen LogP contribution >= 0.6 is 0 Å². The maximum Gasteiger partial charge on any atom is 0.314 e. The van der Waals surface area contributed by atoms with E-state index in [9.17, 15) is 9.18 Å². The topological polar surface area (TPSA) is 47.6 Å². The second-order valence-electron chi connectivity index (χ2n) is 8.42. The molecular weight excluding hydrogens is 343 g/mol. The van der Waals surface area contributed by atoms with Crippen molar-refractivity contribution >= 4 is 11.7 Å². The van der Waals surface area contributed by atoms with Gasteiger partial charge in [-0.3, -0.25) is 0 Å². The number of rotatable bonds is 6. The highest BCUT2D eigenvalue weighted by Gasteiger charge is 2.23. The minimum atomic E-state index is -0.207. The van der Waals surface area contributed by atoms with Crippen LogP contribution in [0.4, 0.5) is 14.9 Å². The predicted molar refractivity (Wildman–Crippen MR) is 108 cm³/mol. The zero-order valence-electron chi connectivity index (χ0n) is 16.6. The lowest BCUT2D eigenvalue weighted by Crippen LogP contribution is -2.45. The zero-order chi connectivity index (χ0) is 19.2. The molecule has 1 aromatic carbocycles. The van der Waals surface area contributed by atoms with Crippen molar-refractivity contribution in [2.75, 3.05) is 50.7 Å². The van der Waals surface area contributed by atoms with Gasteiger partial charge in [0.05, 0.1) is 0 Å². The minimum absolute atomic E-state index is 0.0756. The number of carbonyl (C=O) groups excluding carboxylic acids is 1. The predicted octanol–water partition coefficient (Wildman–Crippen LogP) is 2.93. The van der Waals surface area contributed by atoms with E-state index in [1.807, 2.05) is 12.1 Å². The molecule has 3 atom stereocenters. The van der Waals surface area contributed by atoms with E-state index in [4.69, 9.17) is 0 Å². The molecule has 0 radical (unpaired) electrons. The van der Waals surface area contributed by atoms with E-state index in [0.29, 0.717) is 19.0 Å². The van der Waals surface area contributed by atoms with E-state index < -0.39 is 0 Å². The van der Waals surface area contributed by atoms with Crippen LogP contribution in [-0.4, -0.2) is 56.7 Å². The fraction of sp³-hybridized carbons (Fsp3) is 0.667. The Morgan fingerprint density at radius 2 is 1.81 bits per heavy atom. The molecule has 5 nitrogen and oxygen atoms in total. The number of piperidine rings is 1. The van der Waals surface area contributed by atoms with Crippen molar-refractivity contribution in [1.82, 2.24) is 15.5 Å². The molecule has 2 saturated heterocycles. The van der Waals surface area contributed by atoms with Gasteiger partial charge in [-0.25, -0.2) is 9.18 Å². The van der Waals surface area contributed by atoms with Crippen LogP contribution in [0.15, 0.2) is 24.3 Å². The highest BCUT2D eigenvalue weighted by Crippen LogP contribution is 2.23. The Labute approximate surface area is 162 Å². The van der Waals surface area contributed by atoms with Gasteiger partial charge in [0, 0.05) is 51.5 Å². The van der Waals surface area contributed by atoms with Crippen LogP contribution in [0.2, 0.25) is 0 Å². The van der Waals surface area contributed by atoms with Crippen LogP contribution in [0, 0.1) is 23.6 Å². The van der Waals surface area contributed by atoms with Crippen LogP contribution in [0.5, 0.6) is 0 Å². The van der Waals surface area contributed by atoms with Gasteiger partial charge in [0.1, 0.15) is 5.82 Å². The molecule has 6 heteroatoms. The lowest BCUT2D eigenvalue weighted by atomic mass is 9.92. The van der Waals surface area contributed by atoms with Crippen molar-refractivity contribution < 1.29 is 9.18 Å². The summed E-state index contributed by atoms with van der Waals surface area (Å²) in [5.41, 5.74) is 1.05. The molecule has 2 fully saturated rings. The van der Waals surface area contributed by atoms with Gasteiger partial charge in [-0.15, -0.1) is 0 Å². The number of likely N-dealkylation sites (tertiary alicyclic amines) is 1. The first-order valence-electron chi connectivity index (χ1n) is 10.2. The first-order chi connectivity index (χ1) is 13.0. The summed E-state index contributed by atoms with van der Waals surface area (Å²) in [6.07, 6.45) is 2.35. The fourth-order valence-corrected chi connectivity index (χ4v) is 4.49. The standard InChI is InChI=1S/C21H33FN4O/c1-16-11-17(2)14-25(13-16)10-8-23-21(27)24-12-18-7-9-26(15-18)20-5-3-19(22)4-6-20/h3-6,16-18H,7-15H2,1-2H3,(H2,23,24,27)/t16-,17+,18-/m0/s1. The highest BCUT2D eigenvalue weighted by atomic mass is 19.1. The summed E-state index contributed by atoms with van der Waals surface area (Å²) >= 11 is 0. The van der Waals surface area contributed by atoms with E-state index in [2.05, 4.69) is 34.3 Å². The molecular formula is C21H33FN4O. The normalized spacial score (nSPS) is 26.2. The Kier molecular flexibility index (Phi) is 6.94. The molecule has 2 aliphatic rings. The molecule has 2 aliphatic heterocycles. The molecule has 1 aromatic rings. The number of nitrogens with zero attached hydrogens (tertiary/aromatic N) is 2. The molecule has 0 saturated carbocycles. The summed E-state index contributed by atoms with van der Waals surface area (Å²) in [6.45, 7) is 11.0. The average molecular weight is 377 g/mol. The third kappa shape index (κ3) is 6.09. The first kappa shape index (κ1) is 19.9. The molecule has 150 valence electrons. The number of nitrogens with one attached hydrogen (secondary N) is 2. The molecule has 0 bridgehead atoms. The zero-order valence-corrected chi connectivity index (χ0v) is 16.6. The Bertz CT molecular complexity index is 599. The van der Waals surface area contributed by atoms with E-state index >= 15 is 0 Å². The number of amides is 2. The minimum Gasteiger partial charge on any atom is -0.371 e. The van der Waals surface area contributed by atoms with Crippen LogP contribution in [-0.2, 0) is 0 Å². The van der Waals surface area contributed by atoms with Crippen molar-refractivity contribution in [3.05, 3.63) is 30.1 Å². The molecule has 2 amide bonds. The Morgan fingerprint density at radius 1 is 1.11 bits per heavy atom. The van der Waals surface area contributed by atoms with E-state index in [1.165, 1.54) is 18.6 Å². The summed E-state index contributed by atoms with van der Waals surface area (Å²) in [7, 11) is 0. The number of hydrogen-bond donors (Lipinski definition) is 2. The summed E-state index contributed by atoms with van der Waals surface area (Å²) in [6, 6.07) is 6.56. The Morgan fingerprint density at radius 3 is 2.52 bits per heavy atom. The summed E-state index contributed by atoms with van der Waals surface area (Å²) in [4.78, 5) is 16.8. The average Bonchev–Trinajstić information content (AvgIpc) is 3.09. The van der Waals surface area contributed by atoms with Gasteiger partial charge >= 0.3 is 6.03 Å². The maximum atomic E-state index is 13.0. The summed E-state index contributed by atoms with van der Waals surface area (Å²) < 4.78 is 13.0. The molecule has 2 N–H and O–H groups in total. The van der Waals surface area contributed by atoms with Crippen molar-refractivity contribution in [2.24, 2.45) is 17.8 Å². The van der Waals surface area contributed by atoms with Gasteiger partial charge < -0.3 is 20.4 Å². The second-order valence-corrected chi connectivity index (χ2v) is 8.42. The largest absolute Gasteiger partial charge is 0.371 e. The van der Waals surface area contributed by atoms with Gasteiger partial charge in [-0.2, -0.15) is 0 Å². The lowest BCUT2D eigenvalue weighted by molar-refractivity contribution is 0.142. The summed E-state index contributed by atoms with van der Waals surface area (Å²) in [5.74, 6) is 1.72. The number of hydrogen-bond acceptors (Lipinski definition) is 3. The monoisotopic (exact) mass is 376 g/mol. The number of urea groups is 1. The molecule has 27 heavy (non-hydrogen) atoms. The van der Waals surface area contributed by atoms with Crippen LogP contribution < -0.4 is 15.5 Å². The fourth-order valence-electron chi connectivity index (χ4n) is 4.49. The van der Waals surface area contributed by atoms with Crippen molar-refractivity contribution in [3.63, 3.8) is 0 Å². The summed E-state index contributed by atoms with van der Waals surface area (Å²) in [5, 5.41) is 5.99. The van der Waals surface area contributed by atoms with Gasteiger partial charge in [0.2, 0.25) is 0 Å². The van der Waals surface area contributed by atoms with Crippen molar-refractivity contribution in [1.29, 1.82) is 0 Å². The quantitative estimate of drug-likeness (QED) is 0.803. The van der Waals surface area contributed by atoms with Gasteiger partial charge in [-0.1, -0.05) is 13.8 Å². The van der Waals surface area contributed by atoms with Crippen LogP contribution in [0.3, 0.4) is 0 Å². The number of carbonyl (C=O) groups is 1. The second kappa shape index (κ2) is 9.40. The number of benzene rings is 1. The van der Waals surface area contributed by atoms with Gasteiger partial charge in [0.25, 0.3) is 0 Å². The van der Waals surface area contributed by atoms with Crippen LogP contribution in [0.1, 0.15) is 26.7 Å². The van der Waals surface area contributed by atoms with Crippen molar-refractivity contribution in [2.45, 2.75) is 26.7 Å². The highest BCUT2D eigenvalue weighted by molar-refractivity contribution is 5.73. The molecule has 0 spiro atoms. The molecule has 2 heterocycles. The van der Waals surface area contributed by atoms with Crippen LogP contribution in [0.25, 0.3) is 0 Å². The lowest BCUT2D eigenvalue weighted by Gasteiger charge is -2.34. The van der Waals surface area contributed by atoms with E-state index in [0.717, 1.165) is 56.7 Å². The molecule has 0 aromatic heterocycles. The third-order valence-electron chi connectivity index (χ3n) is 5.69. The first-order valence-corrected chi connectivity index (χ1v) is 10.2. The SMILES string of the molecule is C[C@@H]1C[C@H](C)CN(CCNC(=O)NC[C@@H]2CCN(c3ccc(F)cc3)C2)C1. The number of halogens is 1. The molecule has 0 aliphatic carbocycles. The number of anilines is 1. The smallest absolute Gasteiger partial charge is 0.314 e. The van der Waals surface area contributed by atoms with Crippen molar-refractivity contribution in [3.8, 4) is 0 Å². The third-order valence-corrected chi connectivity index (χ3v) is 5.69. The van der Waals surface area contributed by atoms with E-state index in [1.54, 1.807) is 0 Å². The van der Waals surface area contributed by atoms with Gasteiger partial charge in [-0.05, 0) is 54.9 Å². The molecule has 0 unspecified atom stereocenters. The van der Waals surface area contributed by atoms with E-state index in [-0.39, 0.29) is 11.8 Å². The van der Waals surface area contributed by atoms with Gasteiger partial charge in [0.15, 0.2) is 0 Å².